The minimum atomic E-state index is -0.202. The summed E-state index contributed by atoms with van der Waals surface area (Å²) in [6.45, 7) is 6.33. The van der Waals surface area contributed by atoms with Crippen molar-refractivity contribution in [3.05, 3.63) is 0 Å². The molecule has 1 saturated heterocycles. The maximum atomic E-state index is 12.4. The lowest BCUT2D eigenvalue weighted by atomic mass is 9.94. The molecule has 104 valence electrons. The maximum Gasteiger partial charge on any atom is 0.224 e. The van der Waals surface area contributed by atoms with Gasteiger partial charge >= 0.3 is 0 Å². The fourth-order valence-corrected chi connectivity index (χ4v) is 4.04. The number of rotatable bonds is 2. The van der Waals surface area contributed by atoms with Crippen LogP contribution in [-0.4, -0.2) is 39.9 Å². The number of carbonyl (C=O) groups excluding carboxylic acids is 1. The van der Waals surface area contributed by atoms with E-state index >= 15 is 0 Å². The average Bonchev–Trinajstić information content (AvgIpc) is 2.60. The van der Waals surface area contributed by atoms with Crippen LogP contribution in [0.2, 0.25) is 0 Å². The molecule has 18 heavy (non-hydrogen) atoms. The van der Waals surface area contributed by atoms with Crippen molar-refractivity contribution in [3.63, 3.8) is 0 Å². The van der Waals surface area contributed by atoms with Gasteiger partial charge in [-0.3, -0.25) is 4.79 Å². The van der Waals surface area contributed by atoms with Gasteiger partial charge in [-0.15, -0.1) is 0 Å². The predicted molar refractivity (Wildman–Crippen MR) is 77.7 cm³/mol. The Balaban J connectivity index is 1.89. The lowest BCUT2D eigenvalue weighted by Crippen LogP contribution is -2.44. The Morgan fingerprint density at radius 1 is 1.22 bits per heavy atom. The summed E-state index contributed by atoms with van der Waals surface area (Å²) in [6.07, 6.45) is 6.05. The SMILES string of the molecule is CC1(C)CCN(C(=O)CC2(N)CCCC2)CCS1. The highest BCUT2D eigenvalue weighted by molar-refractivity contribution is 8.00. The molecule has 0 unspecified atom stereocenters. The van der Waals surface area contributed by atoms with Crippen molar-refractivity contribution >= 4 is 17.7 Å². The number of nitrogens with two attached hydrogens (primary N) is 1. The Kier molecular flexibility index (Phi) is 4.27. The van der Waals surface area contributed by atoms with E-state index in [4.69, 9.17) is 5.73 Å². The fourth-order valence-electron chi connectivity index (χ4n) is 2.94. The predicted octanol–water partition coefficient (Wildman–Crippen LogP) is 2.39. The third-order valence-corrected chi connectivity index (χ3v) is 5.67. The molecule has 0 radical (unpaired) electrons. The van der Waals surface area contributed by atoms with Crippen molar-refractivity contribution in [3.8, 4) is 0 Å². The Morgan fingerprint density at radius 2 is 1.89 bits per heavy atom. The molecule has 2 rings (SSSR count). The quantitative estimate of drug-likeness (QED) is 0.838. The second-order valence-corrected chi connectivity index (χ2v) is 8.29. The highest BCUT2D eigenvalue weighted by Crippen LogP contribution is 2.33. The molecular weight excluding hydrogens is 244 g/mol. The van der Waals surface area contributed by atoms with Gasteiger partial charge in [0.05, 0.1) is 0 Å². The average molecular weight is 270 g/mol. The van der Waals surface area contributed by atoms with Crippen LogP contribution in [-0.2, 0) is 4.79 Å². The second-order valence-electron chi connectivity index (χ2n) is 6.49. The van der Waals surface area contributed by atoms with Gasteiger partial charge in [0.1, 0.15) is 0 Å². The zero-order valence-corrected chi connectivity index (χ0v) is 12.5. The number of hydrogen-bond donors (Lipinski definition) is 1. The van der Waals surface area contributed by atoms with Crippen LogP contribution in [0, 0.1) is 0 Å². The first-order valence-electron chi connectivity index (χ1n) is 7.11. The largest absolute Gasteiger partial charge is 0.342 e. The number of thioether (sulfide) groups is 1. The van der Waals surface area contributed by atoms with Gasteiger partial charge in [-0.2, -0.15) is 11.8 Å². The minimum absolute atomic E-state index is 0.202. The third kappa shape index (κ3) is 3.64. The molecule has 2 fully saturated rings. The monoisotopic (exact) mass is 270 g/mol. The molecule has 0 atom stereocenters. The third-order valence-electron chi connectivity index (χ3n) is 4.29. The van der Waals surface area contributed by atoms with E-state index in [1.165, 1.54) is 12.8 Å². The van der Waals surface area contributed by atoms with Crippen LogP contribution in [0.15, 0.2) is 0 Å². The number of nitrogens with zero attached hydrogens (tertiary/aromatic N) is 1. The lowest BCUT2D eigenvalue weighted by Gasteiger charge is -2.28. The van der Waals surface area contributed by atoms with Crippen molar-refractivity contribution in [2.75, 3.05) is 18.8 Å². The van der Waals surface area contributed by atoms with Crippen LogP contribution in [0.3, 0.4) is 0 Å². The van der Waals surface area contributed by atoms with Gasteiger partial charge in [-0.25, -0.2) is 0 Å². The molecule has 1 aliphatic carbocycles. The van der Waals surface area contributed by atoms with Gasteiger partial charge in [-0.1, -0.05) is 26.7 Å². The topological polar surface area (TPSA) is 46.3 Å². The van der Waals surface area contributed by atoms with Crippen LogP contribution in [0.5, 0.6) is 0 Å². The van der Waals surface area contributed by atoms with Gasteiger partial charge in [-0.05, 0) is 19.3 Å². The van der Waals surface area contributed by atoms with E-state index in [1.807, 2.05) is 16.7 Å². The van der Waals surface area contributed by atoms with E-state index in [2.05, 4.69) is 13.8 Å². The van der Waals surface area contributed by atoms with Crippen molar-refractivity contribution in [1.29, 1.82) is 0 Å². The summed E-state index contributed by atoms with van der Waals surface area (Å²) in [6, 6.07) is 0. The molecule has 0 aromatic heterocycles. The van der Waals surface area contributed by atoms with Crippen molar-refractivity contribution in [1.82, 2.24) is 4.90 Å². The summed E-state index contributed by atoms with van der Waals surface area (Å²) in [5, 5.41) is 0. The van der Waals surface area contributed by atoms with Gasteiger partial charge in [0.15, 0.2) is 0 Å². The summed E-state index contributed by atoms with van der Waals surface area (Å²) in [5.74, 6) is 1.33. The van der Waals surface area contributed by atoms with Crippen LogP contribution in [0.1, 0.15) is 52.4 Å². The van der Waals surface area contributed by atoms with E-state index in [0.717, 1.165) is 38.1 Å². The van der Waals surface area contributed by atoms with Gasteiger partial charge in [0, 0.05) is 35.5 Å². The Labute approximate surface area is 115 Å². The molecule has 1 aliphatic heterocycles. The van der Waals surface area contributed by atoms with Crippen LogP contribution >= 0.6 is 11.8 Å². The molecule has 1 saturated carbocycles. The van der Waals surface area contributed by atoms with E-state index in [-0.39, 0.29) is 11.4 Å². The summed E-state index contributed by atoms with van der Waals surface area (Å²) in [4.78, 5) is 14.4. The summed E-state index contributed by atoms with van der Waals surface area (Å²) < 4.78 is 0.308. The summed E-state index contributed by atoms with van der Waals surface area (Å²) >= 11 is 1.98. The molecule has 0 spiro atoms. The van der Waals surface area contributed by atoms with E-state index in [0.29, 0.717) is 11.2 Å². The standard InChI is InChI=1S/C14H26N2OS/c1-13(2)7-8-16(9-10-18-13)12(17)11-14(15)5-3-4-6-14/h3-11,15H2,1-2H3. The first-order chi connectivity index (χ1) is 8.40. The van der Waals surface area contributed by atoms with Gasteiger partial charge in [0.25, 0.3) is 0 Å². The van der Waals surface area contributed by atoms with E-state index in [1.54, 1.807) is 0 Å². The molecule has 3 nitrogen and oxygen atoms in total. The second kappa shape index (κ2) is 5.41. The molecule has 1 heterocycles. The first-order valence-corrected chi connectivity index (χ1v) is 8.10. The Morgan fingerprint density at radius 3 is 2.56 bits per heavy atom. The number of hydrogen-bond acceptors (Lipinski definition) is 3. The number of carbonyl (C=O) groups is 1. The molecule has 4 heteroatoms. The Bertz CT molecular complexity index is 311. The summed E-state index contributed by atoms with van der Waals surface area (Å²) in [7, 11) is 0. The normalized spacial score (nSPS) is 26.9. The summed E-state index contributed by atoms with van der Waals surface area (Å²) in [5.41, 5.74) is 6.10. The molecule has 2 aliphatic rings. The Hall–Kier alpha value is -0.220. The van der Waals surface area contributed by atoms with Crippen LogP contribution < -0.4 is 5.73 Å². The smallest absolute Gasteiger partial charge is 0.224 e. The lowest BCUT2D eigenvalue weighted by molar-refractivity contribution is -0.132. The molecule has 2 N–H and O–H groups in total. The molecule has 0 aromatic rings. The van der Waals surface area contributed by atoms with Crippen LogP contribution in [0.4, 0.5) is 0 Å². The highest BCUT2D eigenvalue weighted by Gasteiger charge is 2.34. The fraction of sp³-hybridized carbons (Fsp3) is 0.929. The molecular formula is C14H26N2OS. The van der Waals surface area contributed by atoms with Crippen molar-refractivity contribution < 1.29 is 4.79 Å². The van der Waals surface area contributed by atoms with Gasteiger partial charge < -0.3 is 10.6 Å². The van der Waals surface area contributed by atoms with Crippen molar-refractivity contribution in [2.45, 2.75) is 62.7 Å². The van der Waals surface area contributed by atoms with E-state index in [9.17, 15) is 4.79 Å². The van der Waals surface area contributed by atoms with Gasteiger partial charge in [0.2, 0.25) is 5.91 Å². The highest BCUT2D eigenvalue weighted by atomic mass is 32.2. The van der Waals surface area contributed by atoms with Crippen molar-refractivity contribution in [2.24, 2.45) is 5.73 Å². The first kappa shape index (κ1) is 14.2. The van der Waals surface area contributed by atoms with E-state index < -0.39 is 0 Å². The molecule has 0 bridgehead atoms. The molecule has 1 amide bonds. The zero-order valence-electron chi connectivity index (χ0n) is 11.7. The maximum absolute atomic E-state index is 12.4. The van der Waals surface area contributed by atoms with Crippen LogP contribution in [0.25, 0.3) is 0 Å². The zero-order chi connectivity index (χ0) is 13.2. The number of amides is 1. The minimum Gasteiger partial charge on any atom is -0.342 e. The molecule has 0 aromatic carbocycles.